The predicted molar refractivity (Wildman–Crippen MR) is 65.5 cm³/mol. The van der Waals surface area contributed by atoms with Gasteiger partial charge in [0.05, 0.1) is 6.61 Å². The number of aromatic nitrogens is 2. The smallest absolute Gasteiger partial charge is 0.0615 e. The third-order valence-electron chi connectivity index (χ3n) is 2.74. The molecule has 0 aliphatic rings. The standard InChI is InChI=1S/C12H23N3O/c1-4-5-11(10-16-3)13-8-6-12-7-9-14-15(12)2/h7,9,11,13H,4-6,8,10H2,1-3H3. The first-order valence-electron chi connectivity index (χ1n) is 5.97. The Morgan fingerprint density at radius 2 is 2.38 bits per heavy atom. The lowest BCUT2D eigenvalue weighted by molar-refractivity contribution is 0.162. The topological polar surface area (TPSA) is 39.1 Å². The molecule has 1 rings (SSSR count). The van der Waals surface area contributed by atoms with E-state index in [0.717, 1.165) is 19.6 Å². The van der Waals surface area contributed by atoms with Crippen LogP contribution in [0.15, 0.2) is 12.3 Å². The minimum atomic E-state index is 0.475. The van der Waals surface area contributed by atoms with Gasteiger partial charge in [0, 0.05) is 45.1 Å². The van der Waals surface area contributed by atoms with E-state index in [1.165, 1.54) is 18.5 Å². The molecule has 0 aromatic carbocycles. The number of methoxy groups -OCH3 is 1. The zero-order valence-corrected chi connectivity index (χ0v) is 10.6. The van der Waals surface area contributed by atoms with Crippen molar-refractivity contribution in [2.24, 2.45) is 7.05 Å². The van der Waals surface area contributed by atoms with E-state index >= 15 is 0 Å². The molecule has 0 bridgehead atoms. The van der Waals surface area contributed by atoms with Gasteiger partial charge in [-0.2, -0.15) is 5.10 Å². The van der Waals surface area contributed by atoms with Crippen LogP contribution in [-0.4, -0.2) is 36.1 Å². The Hall–Kier alpha value is -0.870. The molecule has 4 nitrogen and oxygen atoms in total. The molecule has 0 saturated heterocycles. The zero-order valence-electron chi connectivity index (χ0n) is 10.6. The molecule has 0 aliphatic heterocycles. The van der Waals surface area contributed by atoms with Crippen LogP contribution in [0.25, 0.3) is 0 Å². The van der Waals surface area contributed by atoms with Crippen molar-refractivity contribution < 1.29 is 4.74 Å². The lowest BCUT2D eigenvalue weighted by atomic mass is 10.1. The van der Waals surface area contributed by atoms with Crippen LogP contribution in [0.5, 0.6) is 0 Å². The molecule has 1 unspecified atom stereocenters. The monoisotopic (exact) mass is 225 g/mol. The molecule has 1 heterocycles. The number of hydrogen-bond acceptors (Lipinski definition) is 3. The van der Waals surface area contributed by atoms with Gasteiger partial charge in [-0.05, 0) is 12.5 Å². The fourth-order valence-electron chi connectivity index (χ4n) is 1.84. The Balaban J connectivity index is 2.24. The highest BCUT2D eigenvalue weighted by Gasteiger charge is 2.06. The first-order valence-corrected chi connectivity index (χ1v) is 5.97. The predicted octanol–water partition coefficient (Wildman–Crippen LogP) is 1.37. The average Bonchev–Trinajstić information content (AvgIpc) is 2.65. The summed E-state index contributed by atoms with van der Waals surface area (Å²) in [4.78, 5) is 0. The molecule has 1 atom stereocenters. The van der Waals surface area contributed by atoms with E-state index in [4.69, 9.17) is 4.74 Å². The maximum Gasteiger partial charge on any atom is 0.0615 e. The zero-order chi connectivity index (χ0) is 11.8. The maximum atomic E-state index is 5.19. The van der Waals surface area contributed by atoms with Gasteiger partial charge in [-0.25, -0.2) is 0 Å². The normalized spacial score (nSPS) is 12.9. The van der Waals surface area contributed by atoms with E-state index in [1.54, 1.807) is 7.11 Å². The summed E-state index contributed by atoms with van der Waals surface area (Å²) in [6.07, 6.45) is 5.21. The molecule has 0 saturated carbocycles. The summed E-state index contributed by atoms with van der Waals surface area (Å²) in [7, 11) is 3.74. The van der Waals surface area contributed by atoms with E-state index in [-0.39, 0.29) is 0 Å². The van der Waals surface area contributed by atoms with E-state index in [9.17, 15) is 0 Å². The van der Waals surface area contributed by atoms with Gasteiger partial charge in [0.15, 0.2) is 0 Å². The van der Waals surface area contributed by atoms with Gasteiger partial charge in [-0.1, -0.05) is 13.3 Å². The molecule has 0 amide bonds. The largest absolute Gasteiger partial charge is 0.383 e. The van der Waals surface area contributed by atoms with E-state index < -0.39 is 0 Å². The second kappa shape index (κ2) is 7.41. The molecule has 0 aliphatic carbocycles. The third kappa shape index (κ3) is 4.33. The Labute approximate surface area is 98.0 Å². The highest BCUT2D eigenvalue weighted by molar-refractivity contribution is 5.00. The Kier molecular flexibility index (Phi) is 6.11. The molecule has 0 fully saturated rings. The highest BCUT2D eigenvalue weighted by Crippen LogP contribution is 1.99. The highest BCUT2D eigenvalue weighted by atomic mass is 16.5. The average molecular weight is 225 g/mol. The number of ether oxygens (including phenoxy) is 1. The molecule has 1 N–H and O–H groups in total. The maximum absolute atomic E-state index is 5.19. The van der Waals surface area contributed by atoms with Crippen molar-refractivity contribution >= 4 is 0 Å². The molecular formula is C12H23N3O. The van der Waals surface area contributed by atoms with Crippen molar-refractivity contribution in [1.29, 1.82) is 0 Å². The van der Waals surface area contributed by atoms with Crippen LogP contribution in [0.1, 0.15) is 25.5 Å². The van der Waals surface area contributed by atoms with Gasteiger partial charge < -0.3 is 10.1 Å². The van der Waals surface area contributed by atoms with Gasteiger partial charge >= 0.3 is 0 Å². The van der Waals surface area contributed by atoms with Crippen LogP contribution in [0.3, 0.4) is 0 Å². The number of nitrogens with one attached hydrogen (secondary N) is 1. The first kappa shape index (κ1) is 13.2. The van der Waals surface area contributed by atoms with Crippen LogP contribution in [0.2, 0.25) is 0 Å². The lowest BCUT2D eigenvalue weighted by Crippen LogP contribution is -2.34. The third-order valence-corrected chi connectivity index (χ3v) is 2.74. The summed E-state index contributed by atoms with van der Waals surface area (Å²) in [6.45, 7) is 3.97. The molecule has 0 radical (unpaired) electrons. The Morgan fingerprint density at radius 1 is 1.56 bits per heavy atom. The molecule has 4 heteroatoms. The summed E-state index contributed by atoms with van der Waals surface area (Å²) >= 11 is 0. The number of rotatable bonds is 8. The van der Waals surface area contributed by atoms with Crippen LogP contribution in [0.4, 0.5) is 0 Å². The van der Waals surface area contributed by atoms with E-state index in [1.807, 2.05) is 17.9 Å². The molecule has 92 valence electrons. The Bertz CT molecular complexity index is 280. The summed E-state index contributed by atoms with van der Waals surface area (Å²) in [5.41, 5.74) is 1.26. The van der Waals surface area contributed by atoms with Gasteiger partial charge in [0.2, 0.25) is 0 Å². The van der Waals surface area contributed by atoms with E-state index in [0.29, 0.717) is 6.04 Å². The molecular weight excluding hydrogens is 202 g/mol. The minimum Gasteiger partial charge on any atom is -0.383 e. The molecule has 16 heavy (non-hydrogen) atoms. The number of aryl methyl sites for hydroxylation is 1. The van der Waals surface area contributed by atoms with Crippen molar-refractivity contribution in [3.63, 3.8) is 0 Å². The second-order valence-electron chi connectivity index (χ2n) is 4.09. The van der Waals surface area contributed by atoms with Gasteiger partial charge in [0.25, 0.3) is 0 Å². The quantitative estimate of drug-likeness (QED) is 0.726. The fourth-order valence-corrected chi connectivity index (χ4v) is 1.84. The second-order valence-corrected chi connectivity index (χ2v) is 4.09. The molecule has 0 spiro atoms. The molecule has 1 aromatic rings. The SMILES string of the molecule is CCCC(COC)NCCc1ccnn1C. The van der Waals surface area contributed by atoms with Crippen LogP contribution in [-0.2, 0) is 18.2 Å². The summed E-state index contributed by atoms with van der Waals surface area (Å²) in [6, 6.07) is 2.54. The summed E-state index contributed by atoms with van der Waals surface area (Å²) in [5.74, 6) is 0. The Morgan fingerprint density at radius 3 is 2.94 bits per heavy atom. The van der Waals surface area contributed by atoms with Crippen LogP contribution >= 0.6 is 0 Å². The number of hydrogen-bond donors (Lipinski definition) is 1. The van der Waals surface area contributed by atoms with E-state index in [2.05, 4.69) is 23.4 Å². The van der Waals surface area contributed by atoms with Crippen molar-refractivity contribution in [2.75, 3.05) is 20.3 Å². The van der Waals surface area contributed by atoms with Crippen molar-refractivity contribution in [1.82, 2.24) is 15.1 Å². The number of nitrogens with zero attached hydrogens (tertiary/aromatic N) is 2. The van der Waals surface area contributed by atoms with Crippen molar-refractivity contribution in [3.05, 3.63) is 18.0 Å². The van der Waals surface area contributed by atoms with Crippen molar-refractivity contribution in [2.45, 2.75) is 32.2 Å². The van der Waals surface area contributed by atoms with Gasteiger partial charge in [0.1, 0.15) is 0 Å². The first-order chi connectivity index (χ1) is 7.77. The van der Waals surface area contributed by atoms with Gasteiger partial charge in [-0.3, -0.25) is 4.68 Å². The minimum absolute atomic E-state index is 0.475. The van der Waals surface area contributed by atoms with Gasteiger partial charge in [-0.15, -0.1) is 0 Å². The van der Waals surface area contributed by atoms with Crippen LogP contribution < -0.4 is 5.32 Å². The fraction of sp³-hybridized carbons (Fsp3) is 0.750. The summed E-state index contributed by atoms with van der Waals surface area (Å²) in [5, 5.41) is 7.67. The molecule has 1 aromatic heterocycles. The summed E-state index contributed by atoms with van der Waals surface area (Å²) < 4.78 is 7.11. The van der Waals surface area contributed by atoms with Crippen molar-refractivity contribution in [3.8, 4) is 0 Å². The lowest BCUT2D eigenvalue weighted by Gasteiger charge is -2.16. The van der Waals surface area contributed by atoms with Crippen LogP contribution in [0, 0.1) is 0 Å².